The summed E-state index contributed by atoms with van der Waals surface area (Å²) in [4.78, 5) is 32.2. The average molecular weight is 419 g/mol. The Bertz CT molecular complexity index is 834. The maximum Gasteiger partial charge on any atom is 0.338 e. The molecule has 1 amide bonds. The number of fused-ring (bicyclic) bond motifs is 1. The monoisotopic (exact) mass is 418 g/mol. The molecule has 7 nitrogen and oxygen atoms in total. The number of amidine groups is 1. The van der Waals surface area contributed by atoms with E-state index in [1.807, 2.05) is 38.1 Å². The van der Waals surface area contributed by atoms with E-state index >= 15 is 0 Å². The van der Waals surface area contributed by atoms with Crippen LogP contribution in [0.25, 0.3) is 0 Å². The van der Waals surface area contributed by atoms with Gasteiger partial charge in [-0.25, -0.2) is 9.79 Å². The first kappa shape index (κ1) is 21.4. The summed E-state index contributed by atoms with van der Waals surface area (Å²) in [7, 11) is 1.54. The summed E-state index contributed by atoms with van der Waals surface area (Å²) < 4.78 is 15.9. The molecule has 2 aliphatic rings. The smallest absolute Gasteiger partial charge is 0.338 e. The van der Waals surface area contributed by atoms with Gasteiger partial charge in [-0.15, -0.1) is 0 Å². The molecule has 0 spiro atoms. The number of hydrogen-bond acceptors (Lipinski definition) is 7. The molecule has 1 saturated heterocycles. The van der Waals surface area contributed by atoms with Gasteiger partial charge in [-0.3, -0.25) is 9.69 Å². The molecule has 8 heteroatoms. The maximum atomic E-state index is 13.1. The molecule has 2 unspecified atom stereocenters. The molecule has 1 fully saturated rings. The molecule has 2 atom stereocenters. The fourth-order valence-electron chi connectivity index (χ4n) is 3.37. The normalized spacial score (nSPS) is 21.2. The van der Waals surface area contributed by atoms with Gasteiger partial charge in [0.1, 0.15) is 12.4 Å². The number of rotatable bonds is 8. The van der Waals surface area contributed by atoms with Gasteiger partial charge in [-0.2, -0.15) is 0 Å². The van der Waals surface area contributed by atoms with Crippen LogP contribution in [0.4, 0.5) is 0 Å². The summed E-state index contributed by atoms with van der Waals surface area (Å²) >= 11 is 1.45. The summed E-state index contributed by atoms with van der Waals surface area (Å²) in [6.07, 6.45) is 0.696. The van der Waals surface area contributed by atoms with Gasteiger partial charge in [0.05, 0.1) is 35.8 Å². The standard InChI is InChI=1S/C21H26N2O5S/c1-5-16-19(24)23-18(14-7-9-15(10-8-14)27-6-2)17(13(3)22-21(23)29-16)20(25)28-12-11-26-4/h7-10,16,18H,5-6,11-12H2,1-4H3. The molecule has 0 radical (unpaired) electrons. The lowest BCUT2D eigenvalue weighted by Gasteiger charge is -2.33. The number of nitrogens with zero attached hydrogens (tertiary/aromatic N) is 2. The maximum absolute atomic E-state index is 13.1. The Balaban J connectivity index is 2.01. The molecular weight excluding hydrogens is 392 g/mol. The van der Waals surface area contributed by atoms with Crippen molar-refractivity contribution in [3.8, 4) is 5.75 Å². The number of aliphatic imine (C=N–C) groups is 1. The van der Waals surface area contributed by atoms with Crippen LogP contribution in [0.1, 0.15) is 38.8 Å². The van der Waals surface area contributed by atoms with Gasteiger partial charge in [0, 0.05) is 7.11 Å². The summed E-state index contributed by atoms with van der Waals surface area (Å²) in [6, 6.07) is 6.87. The number of allylic oxidation sites excluding steroid dienone is 1. The molecule has 156 valence electrons. The van der Waals surface area contributed by atoms with Crippen LogP contribution in [-0.2, 0) is 19.1 Å². The predicted molar refractivity (Wildman–Crippen MR) is 112 cm³/mol. The molecule has 0 bridgehead atoms. The number of benzene rings is 1. The van der Waals surface area contributed by atoms with Gasteiger partial charge in [-0.1, -0.05) is 30.8 Å². The zero-order valence-electron chi connectivity index (χ0n) is 17.1. The van der Waals surface area contributed by atoms with E-state index in [1.165, 1.54) is 11.8 Å². The number of thioether (sulfide) groups is 1. The SMILES string of the molecule is CCOc1ccc(C2C(C(=O)OCCOC)=C(C)N=C3SC(CC)C(=O)N32)cc1. The van der Waals surface area contributed by atoms with Crippen molar-refractivity contribution in [2.45, 2.75) is 38.5 Å². The number of methoxy groups -OCH3 is 1. The summed E-state index contributed by atoms with van der Waals surface area (Å²) in [5, 5.41) is 0.433. The lowest BCUT2D eigenvalue weighted by atomic mass is 9.94. The highest BCUT2D eigenvalue weighted by atomic mass is 32.2. The molecule has 2 heterocycles. The highest BCUT2D eigenvalue weighted by Gasteiger charge is 2.47. The molecule has 3 rings (SSSR count). The van der Waals surface area contributed by atoms with Crippen LogP contribution < -0.4 is 4.74 Å². The molecule has 0 aliphatic carbocycles. The third-order valence-corrected chi connectivity index (χ3v) is 6.09. The lowest BCUT2D eigenvalue weighted by Crippen LogP contribution is -2.40. The average Bonchev–Trinajstić information content (AvgIpc) is 3.03. The highest BCUT2D eigenvalue weighted by Crippen LogP contribution is 2.44. The third kappa shape index (κ3) is 4.33. The fraction of sp³-hybridized carbons (Fsp3) is 0.476. The first-order chi connectivity index (χ1) is 14.0. The van der Waals surface area contributed by atoms with Crippen LogP contribution in [-0.4, -0.2) is 54.1 Å². The summed E-state index contributed by atoms with van der Waals surface area (Å²) in [6.45, 7) is 6.68. The summed E-state index contributed by atoms with van der Waals surface area (Å²) in [5.41, 5.74) is 1.75. The Hall–Kier alpha value is -2.32. The first-order valence-electron chi connectivity index (χ1n) is 9.69. The van der Waals surface area contributed by atoms with Crippen molar-refractivity contribution in [3.05, 3.63) is 41.1 Å². The molecule has 2 aliphatic heterocycles. The van der Waals surface area contributed by atoms with Crippen LogP contribution >= 0.6 is 11.8 Å². The number of hydrogen-bond donors (Lipinski definition) is 0. The second-order valence-electron chi connectivity index (χ2n) is 6.65. The van der Waals surface area contributed by atoms with Gasteiger partial charge in [0.15, 0.2) is 5.17 Å². The highest BCUT2D eigenvalue weighted by molar-refractivity contribution is 8.15. The molecular formula is C21H26N2O5S. The van der Waals surface area contributed by atoms with Crippen LogP contribution in [0.3, 0.4) is 0 Å². The second-order valence-corrected chi connectivity index (χ2v) is 7.82. The quantitative estimate of drug-likeness (QED) is 0.476. The molecule has 0 N–H and O–H groups in total. The van der Waals surface area contributed by atoms with E-state index in [-0.39, 0.29) is 17.8 Å². The zero-order valence-corrected chi connectivity index (χ0v) is 18.0. The van der Waals surface area contributed by atoms with Crippen molar-refractivity contribution in [2.75, 3.05) is 26.9 Å². The van der Waals surface area contributed by atoms with Crippen LogP contribution in [0.2, 0.25) is 0 Å². The lowest BCUT2D eigenvalue weighted by molar-refractivity contribution is -0.141. The van der Waals surface area contributed by atoms with Gasteiger partial charge in [-0.05, 0) is 38.0 Å². The number of carbonyl (C=O) groups is 2. The molecule has 0 aromatic heterocycles. The molecule has 29 heavy (non-hydrogen) atoms. The second kappa shape index (κ2) is 9.45. The number of esters is 1. The van der Waals surface area contributed by atoms with Crippen LogP contribution in [0, 0.1) is 0 Å². The third-order valence-electron chi connectivity index (χ3n) is 4.77. The van der Waals surface area contributed by atoms with Crippen molar-refractivity contribution in [2.24, 2.45) is 4.99 Å². The summed E-state index contributed by atoms with van der Waals surface area (Å²) in [5.74, 6) is 0.211. The van der Waals surface area contributed by atoms with Crippen molar-refractivity contribution in [1.82, 2.24) is 4.90 Å². The van der Waals surface area contributed by atoms with E-state index in [9.17, 15) is 9.59 Å². The molecule has 0 saturated carbocycles. The topological polar surface area (TPSA) is 77.4 Å². The van der Waals surface area contributed by atoms with E-state index < -0.39 is 12.0 Å². The Morgan fingerprint density at radius 1 is 1.21 bits per heavy atom. The number of amides is 1. The van der Waals surface area contributed by atoms with Crippen molar-refractivity contribution < 1.29 is 23.8 Å². The Kier molecular flexibility index (Phi) is 6.97. The minimum absolute atomic E-state index is 0.0372. The largest absolute Gasteiger partial charge is 0.494 e. The minimum atomic E-state index is -0.579. The zero-order chi connectivity index (χ0) is 21.0. The van der Waals surface area contributed by atoms with Crippen LogP contribution in [0.15, 0.2) is 40.5 Å². The van der Waals surface area contributed by atoms with Gasteiger partial charge >= 0.3 is 5.97 Å². The van der Waals surface area contributed by atoms with Gasteiger partial charge < -0.3 is 14.2 Å². The van der Waals surface area contributed by atoms with Crippen LogP contribution in [0.5, 0.6) is 5.75 Å². The van der Waals surface area contributed by atoms with Crippen molar-refractivity contribution in [3.63, 3.8) is 0 Å². The van der Waals surface area contributed by atoms with E-state index in [0.29, 0.717) is 36.1 Å². The van der Waals surface area contributed by atoms with E-state index in [4.69, 9.17) is 14.2 Å². The van der Waals surface area contributed by atoms with E-state index in [1.54, 1.807) is 18.9 Å². The van der Waals surface area contributed by atoms with Crippen molar-refractivity contribution in [1.29, 1.82) is 0 Å². The van der Waals surface area contributed by atoms with Gasteiger partial charge in [0.25, 0.3) is 0 Å². The predicted octanol–water partition coefficient (Wildman–Crippen LogP) is 3.31. The fourth-order valence-corrected chi connectivity index (χ4v) is 4.51. The van der Waals surface area contributed by atoms with E-state index in [2.05, 4.69) is 4.99 Å². The first-order valence-corrected chi connectivity index (χ1v) is 10.6. The Labute approximate surface area is 175 Å². The van der Waals surface area contributed by atoms with Gasteiger partial charge in [0.2, 0.25) is 5.91 Å². The molecule has 1 aromatic carbocycles. The molecule has 1 aromatic rings. The van der Waals surface area contributed by atoms with Crippen molar-refractivity contribution >= 4 is 28.8 Å². The Morgan fingerprint density at radius 3 is 2.55 bits per heavy atom. The minimum Gasteiger partial charge on any atom is -0.494 e. The Morgan fingerprint density at radius 2 is 1.93 bits per heavy atom. The number of ether oxygens (including phenoxy) is 3. The van der Waals surface area contributed by atoms with E-state index in [0.717, 1.165) is 11.3 Å². The number of carbonyl (C=O) groups excluding carboxylic acids is 2.